The summed E-state index contributed by atoms with van der Waals surface area (Å²) in [6.45, 7) is 7.36. The van der Waals surface area contributed by atoms with Crippen LogP contribution in [0.15, 0.2) is 18.2 Å². The number of benzene rings is 1. The molecule has 2 aromatic rings. The molecule has 0 bridgehead atoms. The lowest BCUT2D eigenvalue weighted by Crippen LogP contribution is -2.34. The van der Waals surface area contributed by atoms with Gasteiger partial charge >= 0.3 is 6.03 Å². The third-order valence-electron chi connectivity index (χ3n) is 5.06. The van der Waals surface area contributed by atoms with Crippen molar-refractivity contribution in [1.82, 2.24) is 24.9 Å². The number of nitrogens with zero attached hydrogens (tertiary/aromatic N) is 4. The SMILES string of the molecule is Cc1ccc(CN2CCCn3nc(CNC(=O)N(C)C)cc3C2)c(C)c1F. The summed E-state index contributed by atoms with van der Waals surface area (Å²) < 4.78 is 16.2. The van der Waals surface area contributed by atoms with Gasteiger partial charge in [0.1, 0.15) is 5.82 Å². The first-order valence-corrected chi connectivity index (χ1v) is 9.33. The van der Waals surface area contributed by atoms with Crippen molar-refractivity contribution < 1.29 is 9.18 Å². The Morgan fingerprint density at radius 2 is 2.07 bits per heavy atom. The van der Waals surface area contributed by atoms with Crippen molar-refractivity contribution in [3.63, 3.8) is 0 Å². The summed E-state index contributed by atoms with van der Waals surface area (Å²) in [7, 11) is 3.43. The Morgan fingerprint density at radius 1 is 1.30 bits per heavy atom. The molecule has 0 atom stereocenters. The molecule has 1 aromatic carbocycles. The molecule has 2 heterocycles. The first-order valence-electron chi connectivity index (χ1n) is 9.33. The number of hydrogen-bond donors (Lipinski definition) is 1. The van der Waals surface area contributed by atoms with E-state index in [0.717, 1.165) is 55.1 Å². The maximum atomic E-state index is 14.2. The summed E-state index contributed by atoms with van der Waals surface area (Å²) in [5, 5.41) is 7.47. The van der Waals surface area contributed by atoms with E-state index in [-0.39, 0.29) is 11.8 Å². The standard InChI is InChI=1S/C20H28FN5O/c1-14-6-7-16(15(2)19(14)21)12-25-8-5-9-26-18(13-25)10-17(23-26)11-22-20(27)24(3)4/h6-7,10H,5,8-9,11-13H2,1-4H3,(H,22,27). The number of amides is 2. The highest BCUT2D eigenvalue weighted by Crippen LogP contribution is 2.21. The van der Waals surface area contributed by atoms with Gasteiger partial charge in [-0.15, -0.1) is 0 Å². The van der Waals surface area contributed by atoms with E-state index in [4.69, 9.17) is 0 Å². The van der Waals surface area contributed by atoms with Crippen molar-refractivity contribution in [2.75, 3.05) is 20.6 Å². The van der Waals surface area contributed by atoms with Gasteiger partial charge in [0, 0.05) is 40.3 Å². The van der Waals surface area contributed by atoms with E-state index in [9.17, 15) is 9.18 Å². The molecule has 0 aliphatic carbocycles. The van der Waals surface area contributed by atoms with Crippen LogP contribution in [0, 0.1) is 19.7 Å². The van der Waals surface area contributed by atoms with Crippen LogP contribution in [0.2, 0.25) is 0 Å². The van der Waals surface area contributed by atoms with Crippen LogP contribution in [0.25, 0.3) is 0 Å². The Morgan fingerprint density at radius 3 is 2.81 bits per heavy atom. The van der Waals surface area contributed by atoms with Crippen LogP contribution in [-0.2, 0) is 26.2 Å². The molecule has 0 saturated heterocycles. The van der Waals surface area contributed by atoms with Gasteiger partial charge in [0.05, 0.1) is 17.9 Å². The number of fused-ring (bicyclic) bond motifs is 1. The number of carbonyl (C=O) groups is 1. The minimum absolute atomic E-state index is 0.105. The van der Waals surface area contributed by atoms with Gasteiger partial charge in [0.15, 0.2) is 0 Å². The average Bonchev–Trinajstić information content (AvgIpc) is 2.91. The second-order valence-electron chi connectivity index (χ2n) is 7.45. The predicted molar refractivity (Wildman–Crippen MR) is 103 cm³/mol. The number of hydrogen-bond acceptors (Lipinski definition) is 3. The number of rotatable bonds is 4. The third-order valence-corrected chi connectivity index (χ3v) is 5.06. The second-order valence-corrected chi connectivity index (χ2v) is 7.45. The fraction of sp³-hybridized carbons (Fsp3) is 0.500. The minimum Gasteiger partial charge on any atom is -0.332 e. The molecule has 1 N–H and O–H groups in total. The quantitative estimate of drug-likeness (QED) is 0.897. The van der Waals surface area contributed by atoms with Gasteiger partial charge in [-0.2, -0.15) is 5.10 Å². The smallest absolute Gasteiger partial charge is 0.317 e. The average molecular weight is 373 g/mol. The molecule has 6 nitrogen and oxygen atoms in total. The van der Waals surface area contributed by atoms with Crippen molar-refractivity contribution in [2.45, 2.75) is 46.4 Å². The highest BCUT2D eigenvalue weighted by Gasteiger charge is 2.18. The summed E-state index contributed by atoms with van der Waals surface area (Å²) in [5.74, 6) is -0.105. The molecule has 27 heavy (non-hydrogen) atoms. The van der Waals surface area contributed by atoms with Crippen molar-refractivity contribution in [3.05, 3.63) is 52.1 Å². The normalized spacial score (nSPS) is 14.6. The summed E-state index contributed by atoms with van der Waals surface area (Å²) in [6, 6.07) is 5.80. The molecule has 0 saturated carbocycles. The number of carbonyl (C=O) groups excluding carboxylic acids is 1. The summed E-state index contributed by atoms with van der Waals surface area (Å²) in [5.41, 5.74) is 4.45. The van der Waals surface area contributed by atoms with Crippen LogP contribution in [0.5, 0.6) is 0 Å². The number of halogens is 1. The van der Waals surface area contributed by atoms with Gasteiger partial charge in [-0.05, 0) is 43.0 Å². The van der Waals surface area contributed by atoms with Crippen LogP contribution in [0.3, 0.4) is 0 Å². The molecular formula is C20H28FN5O. The highest BCUT2D eigenvalue weighted by molar-refractivity contribution is 5.73. The van der Waals surface area contributed by atoms with Crippen molar-refractivity contribution >= 4 is 6.03 Å². The van der Waals surface area contributed by atoms with Crippen molar-refractivity contribution in [2.24, 2.45) is 0 Å². The molecule has 0 radical (unpaired) electrons. The van der Waals surface area contributed by atoms with Crippen LogP contribution in [0.1, 0.15) is 34.5 Å². The molecule has 0 spiro atoms. The predicted octanol–water partition coefficient (Wildman–Crippen LogP) is 2.82. The largest absolute Gasteiger partial charge is 0.332 e. The van der Waals surface area contributed by atoms with Crippen molar-refractivity contribution in [3.8, 4) is 0 Å². The molecule has 3 rings (SSSR count). The van der Waals surface area contributed by atoms with Gasteiger partial charge in [-0.3, -0.25) is 9.58 Å². The summed E-state index contributed by atoms with van der Waals surface area (Å²) in [4.78, 5) is 15.5. The van der Waals surface area contributed by atoms with Crippen LogP contribution in [-0.4, -0.2) is 46.3 Å². The molecule has 2 amide bonds. The van der Waals surface area contributed by atoms with Crippen LogP contribution < -0.4 is 5.32 Å². The number of aromatic nitrogens is 2. The first kappa shape index (κ1) is 19.4. The first-order chi connectivity index (χ1) is 12.8. The zero-order valence-electron chi connectivity index (χ0n) is 16.5. The molecule has 1 aliphatic heterocycles. The zero-order valence-corrected chi connectivity index (χ0v) is 16.5. The second kappa shape index (κ2) is 8.08. The third kappa shape index (κ3) is 4.47. The highest BCUT2D eigenvalue weighted by atomic mass is 19.1. The van der Waals surface area contributed by atoms with Gasteiger partial charge in [-0.1, -0.05) is 12.1 Å². The maximum Gasteiger partial charge on any atom is 0.317 e. The molecule has 0 unspecified atom stereocenters. The van der Waals surface area contributed by atoms with E-state index in [1.807, 2.05) is 23.7 Å². The Kier molecular flexibility index (Phi) is 5.79. The Hall–Kier alpha value is -2.41. The maximum absolute atomic E-state index is 14.2. The summed E-state index contributed by atoms with van der Waals surface area (Å²) in [6.07, 6.45) is 0.992. The van der Waals surface area contributed by atoms with Gasteiger partial charge < -0.3 is 10.2 Å². The lowest BCUT2D eigenvalue weighted by atomic mass is 10.0. The molecule has 1 aliphatic rings. The van der Waals surface area contributed by atoms with E-state index in [1.54, 1.807) is 21.0 Å². The number of nitrogens with one attached hydrogen (secondary N) is 1. The van der Waals surface area contributed by atoms with Crippen LogP contribution >= 0.6 is 0 Å². The monoisotopic (exact) mass is 373 g/mol. The molecule has 7 heteroatoms. The lowest BCUT2D eigenvalue weighted by Gasteiger charge is -2.21. The topological polar surface area (TPSA) is 53.4 Å². The Labute approximate surface area is 160 Å². The fourth-order valence-corrected chi connectivity index (χ4v) is 3.41. The van der Waals surface area contributed by atoms with Gasteiger partial charge in [-0.25, -0.2) is 9.18 Å². The van der Waals surface area contributed by atoms with Crippen LogP contribution in [0.4, 0.5) is 9.18 Å². The molecule has 1 aromatic heterocycles. The number of aryl methyl sites for hydroxylation is 2. The van der Waals surface area contributed by atoms with Crippen molar-refractivity contribution in [1.29, 1.82) is 0 Å². The molecular weight excluding hydrogens is 345 g/mol. The van der Waals surface area contributed by atoms with E-state index in [0.29, 0.717) is 12.1 Å². The van der Waals surface area contributed by atoms with E-state index in [1.165, 1.54) is 4.90 Å². The molecule has 146 valence electrons. The summed E-state index contributed by atoms with van der Waals surface area (Å²) >= 11 is 0. The zero-order chi connectivity index (χ0) is 19.6. The Bertz CT molecular complexity index is 830. The lowest BCUT2D eigenvalue weighted by molar-refractivity contribution is 0.217. The van der Waals surface area contributed by atoms with E-state index in [2.05, 4.69) is 21.4 Å². The van der Waals surface area contributed by atoms with Gasteiger partial charge in [0.25, 0.3) is 0 Å². The molecule has 0 fully saturated rings. The minimum atomic E-state index is -0.128. The van der Waals surface area contributed by atoms with E-state index >= 15 is 0 Å². The number of urea groups is 1. The fourth-order valence-electron chi connectivity index (χ4n) is 3.41. The Balaban J connectivity index is 1.69. The van der Waals surface area contributed by atoms with Gasteiger partial charge in [0.2, 0.25) is 0 Å². The van der Waals surface area contributed by atoms with E-state index < -0.39 is 0 Å².